The molecule has 125 valence electrons. The minimum Gasteiger partial charge on any atom is -0.361 e. The molecular weight excluding hydrogens is 409 g/mol. The van der Waals surface area contributed by atoms with E-state index in [0.29, 0.717) is 0 Å². The fraction of sp³-hybridized carbons (Fsp3) is 0. The van der Waals surface area contributed by atoms with Crippen molar-refractivity contribution in [2.45, 2.75) is 0 Å². The van der Waals surface area contributed by atoms with Crippen molar-refractivity contribution in [2.75, 3.05) is 0 Å². The zero-order valence-electron chi connectivity index (χ0n) is 14.3. The van der Waals surface area contributed by atoms with Gasteiger partial charge in [-0.2, -0.15) is 12.1 Å². The van der Waals surface area contributed by atoms with E-state index in [4.69, 9.17) is 0 Å². The fourth-order valence-electron chi connectivity index (χ4n) is 2.99. The van der Waals surface area contributed by atoms with Crippen molar-refractivity contribution in [1.82, 2.24) is 19.9 Å². The molecule has 5 aromatic rings. The van der Waals surface area contributed by atoms with Gasteiger partial charge in [0.2, 0.25) is 0 Å². The van der Waals surface area contributed by atoms with E-state index < -0.39 is 0 Å². The molecule has 0 fully saturated rings. The van der Waals surface area contributed by atoms with Crippen molar-refractivity contribution in [3.05, 3.63) is 85.5 Å². The Labute approximate surface area is 181 Å². The molecule has 0 amide bonds. The maximum absolute atomic E-state index is 4.52. The van der Waals surface area contributed by atoms with Crippen molar-refractivity contribution < 1.29 is 32.7 Å². The standard InChI is InChI=1S/C22H12N4.Y/c1-2-10-23-19(5-1)20-9-8-17(13-25-20)18-12-16-7-6-15-4-3-11-24-21(15)22(16)26-14-18;/h1-12H;/q-2;. The first kappa shape index (κ1) is 17.8. The molecule has 4 nitrogen and oxygen atoms in total. The normalized spacial score (nSPS) is 10.7. The van der Waals surface area contributed by atoms with Crippen LogP contribution in [-0.2, 0) is 32.7 Å². The van der Waals surface area contributed by atoms with Gasteiger partial charge in [-0.3, -0.25) is 9.97 Å². The van der Waals surface area contributed by atoms with E-state index in [0.717, 1.165) is 44.3 Å². The molecule has 0 unspecified atom stereocenters. The molecular formula is C22H12N4Y-2. The average Bonchev–Trinajstić information content (AvgIpc) is 2.74. The number of hydrogen-bond acceptors (Lipinski definition) is 4. The quantitative estimate of drug-likeness (QED) is 0.311. The second-order valence-corrected chi connectivity index (χ2v) is 5.93. The maximum Gasteiger partial charge on any atom is 0.0544 e. The van der Waals surface area contributed by atoms with Gasteiger partial charge < -0.3 is 9.97 Å². The van der Waals surface area contributed by atoms with Crippen LogP contribution < -0.4 is 0 Å². The predicted octanol–water partition coefficient (Wildman–Crippen LogP) is 4.50. The Morgan fingerprint density at radius 1 is 0.593 bits per heavy atom. The molecule has 1 aromatic carbocycles. The molecule has 0 aliphatic carbocycles. The van der Waals surface area contributed by atoms with Gasteiger partial charge in [0.05, 0.1) is 5.52 Å². The summed E-state index contributed by atoms with van der Waals surface area (Å²) in [6.45, 7) is 0. The van der Waals surface area contributed by atoms with E-state index in [1.54, 1.807) is 12.4 Å². The van der Waals surface area contributed by atoms with Gasteiger partial charge in [0.1, 0.15) is 0 Å². The monoisotopic (exact) mass is 421 g/mol. The van der Waals surface area contributed by atoms with Crippen LogP contribution in [-0.4, -0.2) is 19.9 Å². The molecule has 4 aromatic heterocycles. The van der Waals surface area contributed by atoms with Gasteiger partial charge in [0.25, 0.3) is 0 Å². The first-order valence-electron chi connectivity index (χ1n) is 8.25. The molecule has 0 spiro atoms. The smallest absolute Gasteiger partial charge is 0.0544 e. The summed E-state index contributed by atoms with van der Waals surface area (Å²) in [7, 11) is 0. The van der Waals surface area contributed by atoms with Crippen LogP contribution in [0.2, 0.25) is 0 Å². The summed E-state index contributed by atoms with van der Waals surface area (Å²) in [6.07, 6.45) is 9.72. The van der Waals surface area contributed by atoms with E-state index in [9.17, 15) is 0 Å². The molecule has 0 bridgehead atoms. The summed E-state index contributed by atoms with van der Waals surface area (Å²) in [6, 6.07) is 19.8. The topological polar surface area (TPSA) is 51.6 Å². The fourth-order valence-corrected chi connectivity index (χ4v) is 2.99. The molecule has 5 heteroatoms. The Kier molecular flexibility index (Phi) is 5.01. The molecule has 0 N–H and O–H groups in total. The molecule has 0 aliphatic heterocycles. The van der Waals surface area contributed by atoms with Crippen LogP contribution in [0.3, 0.4) is 0 Å². The third kappa shape index (κ3) is 3.38. The minimum atomic E-state index is 0. The Bertz CT molecular complexity index is 1220. The zero-order valence-corrected chi connectivity index (χ0v) is 17.1. The Hall–Kier alpha value is -2.56. The van der Waals surface area contributed by atoms with Crippen molar-refractivity contribution >= 4 is 21.8 Å². The maximum atomic E-state index is 4.52. The van der Waals surface area contributed by atoms with Crippen molar-refractivity contribution in [2.24, 2.45) is 0 Å². The number of benzene rings is 1. The van der Waals surface area contributed by atoms with Crippen LogP contribution in [0.5, 0.6) is 0 Å². The number of aromatic nitrogens is 4. The zero-order chi connectivity index (χ0) is 17.3. The average molecular weight is 421 g/mol. The summed E-state index contributed by atoms with van der Waals surface area (Å²) in [5.41, 5.74) is 5.06. The molecule has 0 atom stereocenters. The molecule has 27 heavy (non-hydrogen) atoms. The largest absolute Gasteiger partial charge is 0.361 e. The van der Waals surface area contributed by atoms with Crippen molar-refractivity contribution in [3.8, 4) is 22.5 Å². The van der Waals surface area contributed by atoms with Crippen molar-refractivity contribution in [3.63, 3.8) is 0 Å². The SMILES string of the molecule is [Y].[c-]1nc(-c2ccccn2)ccc1-c1[c-]nc2c(ccc3cccnc32)c1. The van der Waals surface area contributed by atoms with Crippen LogP contribution in [0.4, 0.5) is 0 Å². The van der Waals surface area contributed by atoms with Gasteiger partial charge in [-0.1, -0.05) is 42.0 Å². The van der Waals surface area contributed by atoms with Crippen LogP contribution >= 0.6 is 0 Å². The predicted molar refractivity (Wildman–Crippen MR) is 101 cm³/mol. The number of hydrogen-bond donors (Lipinski definition) is 0. The molecule has 4 heterocycles. The van der Waals surface area contributed by atoms with E-state index in [-0.39, 0.29) is 32.7 Å². The molecule has 1 radical (unpaired) electrons. The Morgan fingerprint density at radius 3 is 2.26 bits per heavy atom. The van der Waals surface area contributed by atoms with Gasteiger partial charge in [-0.25, -0.2) is 11.1 Å². The number of nitrogens with zero attached hydrogens (tertiary/aromatic N) is 4. The van der Waals surface area contributed by atoms with Crippen molar-refractivity contribution in [1.29, 1.82) is 0 Å². The van der Waals surface area contributed by atoms with Gasteiger partial charge in [-0.15, -0.1) is 6.07 Å². The van der Waals surface area contributed by atoms with E-state index >= 15 is 0 Å². The van der Waals surface area contributed by atoms with Crippen LogP contribution in [0.25, 0.3) is 44.3 Å². The first-order chi connectivity index (χ1) is 12.9. The molecule has 0 saturated heterocycles. The van der Waals surface area contributed by atoms with Gasteiger partial charge in [-0.05, 0) is 23.6 Å². The minimum absolute atomic E-state index is 0. The summed E-state index contributed by atoms with van der Waals surface area (Å²) in [5.74, 6) is 0. The van der Waals surface area contributed by atoms with Crippen LogP contribution in [0, 0.1) is 12.4 Å². The molecule has 0 aliphatic rings. The molecule has 0 saturated carbocycles. The molecule has 5 rings (SSSR count). The van der Waals surface area contributed by atoms with Gasteiger partial charge in [0, 0.05) is 62.0 Å². The summed E-state index contributed by atoms with van der Waals surface area (Å²) >= 11 is 0. The van der Waals surface area contributed by atoms with Gasteiger partial charge >= 0.3 is 0 Å². The third-order valence-corrected chi connectivity index (χ3v) is 4.29. The van der Waals surface area contributed by atoms with Gasteiger partial charge in [0.15, 0.2) is 0 Å². The Morgan fingerprint density at radius 2 is 1.44 bits per heavy atom. The number of pyridine rings is 4. The first-order valence-corrected chi connectivity index (χ1v) is 8.25. The van der Waals surface area contributed by atoms with Crippen LogP contribution in [0.1, 0.15) is 0 Å². The number of fused-ring (bicyclic) bond motifs is 3. The second kappa shape index (κ2) is 7.59. The van der Waals surface area contributed by atoms with Crippen LogP contribution in [0.15, 0.2) is 73.1 Å². The third-order valence-electron chi connectivity index (χ3n) is 4.29. The second-order valence-electron chi connectivity index (χ2n) is 5.93. The number of rotatable bonds is 2. The summed E-state index contributed by atoms with van der Waals surface area (Å²) in [4.78, 5) is 17.7. The Balaban J connectivity index is 0.00000180. The van der Waals surface area contributed by atoms with E-state index in [1.807, 2.05) is 48.5 Å². The summed E-state index contributed by atoms with van der Waals surface area (Å²) < 4.78 is 0. The van der Waals surface area contributed by atoms with E-state index in [1.165, 1.54) is 0 Å². The summed E-state index contributed by atoms with van der Waals surface area (Å²) in [5, 5.41) is 2.09. The van der Waals surface area contributed by atoms with E-state index in [2.05, 4.69) is 44.5 Å².